The van der Waals surface area contributed by atoms with Gasteiger partial charge in [0.2, 0.25) is 53.2 Å². The third kappa shape index (κ3) is 20.1. The Morgan fingerprint density at radius 1 is 0.586 bits per heavy atom. The minimum absolute atomic E-state index is 0.00473. The van der Waals surface area contributed by atoms with Crippen LogP contribution in [0.5, 0.6) is 0 Å². The smallest absolute Gasteiger partial charge is 0.305 e. The van der Waals surface area contributed by atoms with E-state index in [1.54, 1.807) is 30.3 Å². The fourth-order valence-electron chi connectivity index (χ4n) is 6.60. The second kappa shape index (κ2) is 29.4. The quantitative estimate of drug-likeness (QED) is 0.0338. The molecule has 0 spiro atoms. The lowest BCUT2D eigenvalue weighted by Gasteiger charge is -2.28. The Bertz CT molecular complexity index is 2080. The summed E-state index contributed by atoms with van der Waals surface area (Å²) in [6.45, 7) is 5.25. The first-order valence-corrected chi connectivity index (χ1v) is 23.3. The standard InChI is InChI=1S/C42H64N12O14S2/c1-19(2)31-40(67)50-26(16-30(58)59)36(63)46-20(3)33(60)47-24(12-13-29(56)57)35(62)54-32(21(4)55)41(68)52-28(18-70)39(66)51-27(17-69)38(65)49-25(15-22-9-6-5-7-10-22)37(64)48-23(34(61)53-31)11-8-14-45-42(43)44/h5-7,9-10,19-21,23-28,31-32,55,69-70H,8,11-18H2,1-4H3,(H,46,63)(H,47,60)(H,48,64)(H,49,65)(H,50,67)(H,51,66)(H,52,68)(H,53,61)(H,54,62)(H,56,57)(H,58,59)(H4,43,44,45)/t20-,21+,23-,24-,25-,26-,27-,28-,31-,32-/m0/s1. The Hall–Kier alpha value is -6.68. The average Bonchev–Trinajstić information content (AvgIpc) is 3.28. The van der Waals surface area contributed by atoms with Gasteiger partial charge >= 0.3 is 11.9 Å². The fraction of sp³-hybridized carbons (Fsp3) is 0.571. The number of rotatable bonds is 15. The summed E-state index contributed by atoms with van der Waals surface area (Å²) in [5.41, 5.74) is 11.5. The Morgan fingerprint density at radius 2 is 1.03 bits per heavy atom. The first-order chi connectivity index (χ1) is 32.9. The molecule has 1 aliphatic rings. The number of benzene rings is 1. The molecule has 1 aromatic rings. The summed E-state index contributed by atoms with van der Waals surface area (Å²) in [5, 5.41) is 51.0. The van der Waals surface area contributed by atoms with E-state index in [0.717, 1.165) is 13.8 Å². The van der Waals surface area contributed by atoms with Crippen molar-refractivity contribution in [3.63, 3.8) is 0 Å². The van der Waals surface area contributed by atoms with Crippen LogP contribution in [0.25, 0.3) is 0 Å². The van der Waals surface area contributed by atoms with E-state index in [9.17, 15) is 68.1 Å². The molecule has 16 N–H and O–H groups in total. The number of nitrogens with two attached hydrogens (primary N) is 2. The minimum atomic E-state index is -1.88. The van der Waals surface area contributed by atoms with Gasteiger partial charge in [0.25, 0.3) is 0 Å². The van der Waals surface area contributed by atoms with Crippen molar-refractivity contribution in [3.05, 3.63) is 35.9 Å². The van der Waals surface area contributed by atoms with E-state index in [1.807, 2.05) is 0 Å². The summed E-state index contributed by atoms with van der Waals surface area (Å²) in [5.74, 6) is -14.2. The van der Waals surface area contributed by atoms with Gasteiger partial charge in [-0.1, -0.05) is 44.2 Å². The summed E-state index contributed by atoms with van der Waals surface area (Å²) in [6.07, 6.45) is -4.20. The van der Waals surface area contributed by atoms with Crippen molar-refractivity contribution in [2.24, 2.45) is 22.4 Å². The molecule has 0 unspecified atom stereocenters. The molecule has 388 valence electrons. The third-order valence-corrected chi connectivity index (χ3v) is 11.2. The van der Waals surface area contributed by atoms with Crippen LogP contribution in [0, 0.1) is 5.92 Å². The summed E-state index contributed by atoms with van der Waals surface area (Å²) in [7, 11) is 0. The van der Waals surface area contributed by atoms with Gasteiger partial charge in [-0.05, 0) is 44.6 Å². The largest absolute Gasteiger partial charge is 0.481 e. The lowest BCUT2D eigenvalue weighted by Crippen LogP contribution is -2.62. The van der Waals surface area contributed by atoms with Gasteiger partial charge in [0.1, 0.15) is 54.4 Å². The van der Waals surface area contributed by atoms with Crippen molar-refractivity contribution in [2.45, 2.75) is 127 Å². The van der Waals surface area contributed by atoms with Crippen LogP contribution in [0.4, 0.5) is 0 Å². The molecule has 1 aliphatic heterocycles. The first-order valence-electron chi connectivity index (χ1n) is 22.0. The van der Waals surface area contributed by atoms with E-state index in [-0.39, 0.29) is 37.5 Å². The molecule has 1 saturated heterocycles. The predicted octanol–water partition coefficient (Wildman–Crippen LogP) is -5.08. The van der Waals surface area contributed by atoms with Gasteiger partial charge in [0.05, 0.1) is 12.5 Å². The molecule has 0 aliphatic carbocycles. The van der Waals surface area contributed by atoms with Gasteiger partial charge in [-0.25, -0.2) is 0 Å². The lowest BCUT2D eigenvalue weighted by atomic mass is 10.0. The molecule has 2 rings (SSSR count). The fourth-order valence-corrected chi connectivity index (χ4v) is 7.12. The van der Waals surface area contributed by atoms with Crippen molar-refractivity contribution in [3.8, 4) is 0 Å². The molecular weight excluding hydrogens is 961 g/mol. The number of carboxylic acid groups (broad SMARTS) is 2. The van der Waals surface area contributed by atoms with E-state index < -0.39 is 157 Å². The molecule has 0 saturated carbocycles. The van der Waals surface area contributed by atoms with E-state index >= 15 is 0 Å². The Labute approximate surface area is 414 Å². The molecule has 1 heterocycles. The van der Waals surface area contributed by atoms with Gasteiger partial charge in [-0.3, -0.25) is 57.7 Å². The molecule has 26 nitrogen and oxygen atoms in total. The van der Waals surface area contributed by atoms with Crippen molar-refractivity contribution < 1.29 is 68.1 Å². The normalized spacial score (nSPS) is 25.7. The number of nitrogens with one attached hydrogen (secondary N) is 9. The zero-order valence-electron chi connectivity index (χ0n) is 38.9. The zero-order valence-corrected chi connectivity index (χ0v) is 40.7. The summed E-state index contributed by atoms with van der Waals surface area (Å²) in [6, 6.07) is -6.07. The van der Waals surface area contributed by atoms with Crippen LogP contribution in [0.3, 0.4) is 0 Å². The first kappa shape index (κ1) is 59.4. The average molecular weight is 1030 g/mol. The second-order valence-electron chi connectivity index (χ2n) is 16.6. The van der Waals surface area contributed by atoms with Gasteiger partial charge in [0.15, 0.2) is 5.96 Å². The molecule has 9 amide bonds. The molecule has 1 aromatic carbocycles. The lowest BCUT2D eigenvalue weighted by molar-refractivity contribution is -0.142. The summed E-state index contributed by atoms with van der Waals surface area (Å²) in [4.78, 5) is 151. The number of aliphatic carboxylic acids is 2. The number of aliphatic imine (C=N–C) groups is 1. The Balaban J connectivity index is 2.76. The SMILES string of the molecule is CC(C)[C@@H]1NC(=O)[C@H](CCCN=C(N)N)NC(=O)[C@H](Cc2ccccc2)NC(=O)[C@H](CS)NC(=O)[C@H](CS)NC(=O)[C@H]([C@@H](C)O)NC(=O)[C@H](CCC(=O)O)NC(=O)[C@H](C)NC(=O)[C@H](CC(=O)O)NC1=O. The van der Waals surface area contributed by atoms with Crippen molar-refractivity contribution in [1.82, 2.24) is 47.9 Å². The number of carbonyl (C=O) groups is 11. The van der Waals surface area contributed by atoms with Crippen molar-refractivity contribution >= 4 is 96.3 Å². The van der Waals surface area contributed by atoms with Crippen molar-refractivity contribution in [1.29, 1.82) is 0 Å². The maximum Gasteiger partial charge on any atom is 0.305 e. The number of hydrogen-bond acceptors (Lipinski definition) is 15. The van der Waals surface area contributed by atoms with Crippen LogP contribution in [0.1, 0.15) is 65.4 Å². The number of amides is 9. The van der Waals surface area contributed by atoms with Crippen LogP contribution in [0.15, 0.2) is 35.3 Å². The van der Waals surface area contributed by atoms with Gasteiger partial charge < -0.3 is 74.6 Å². The highest BCUT2D eigenvalue weighted by atomic mass is 32.1. The number of hydrogen-bond donors (Lipinski definition) is 16. The Morgan fingerprint density at radius 3 is 1.54 bits per heavy atom. The number of aliphatic hydroxyl groups excluding tert-OH is 1. The summed E-state index contributed by atoms with van der Waals surface area (Å²) < 4.78 is 0. The summed E-state index contributed by atoms with van der Waals surface area (Å²) >= 11 is 8.36. The zero-order chi connectivity index (χ0) is 52.8. The van der Waals surface area contributed by atoms with Gasteiger partial charge in [0, 0.05) is 30.9 Å². The van der Waals surface area contributed by atoms with Crippen LogP contribution < -0.4 is 59.3 Å². The topological polar surface area (TPSA) is 421 Å². The number of nitrogens with zero attached hydrogens (tertiary/aromatic N) is 1. The van der Waals surface area contributed by atoms with Gasteiger partial charge in [-0.15, -0.1) is 0 Å². The molecule has 0 aromatic heterocycles. The maximum atomic E-state index is 14.2. The van der Waals surface area contributed by atoms with Crippen LogP contribution in [0.2, 0.25) is 0 Å². The van der Waals surface area contributed by atoms with Crippen LogP contribution in [-0.4, -0.2) is 165 Å². The third-order valence-electron chi connectivity index (χ3n) is 10.5. The van der Waals surface area contributed by atoms with E-state index in [2.05, 4.69) is 78.1 Å². The molecule has 28 heteroatoms. The monoisotopic (exact) mass is 1020 g/mol. The Kier molecular flexibility index (Phi) is 24.9. The highest BCUT2D eigenvalue weighted by Gasteiger charge is 2.37. The van der Waals surface area contributed by atoms with Crippen LogP contribution >= 0.6 is 25.3 Å². The number of thiol groups is 2. The van der Waals surface area contributed by atoms with E-state index in [4.69, 9.17) is 11.5 Å². The highest BCUT2D eigenvalue weighted by Crippen LogP contribution is 2.11. The van der Waals surface area contributed by atoms with Gasteiger partial charge in [-0.2, -0.15) is 25.3 Å². The molecule has 0 bridgehead atoms. The second-order valence-corrected chi connectivity index (χ2v) is 17.3. The van der Waals surface area contributed by atoms with Crippen molar-refractivity contribution in [2.75, 3.05) is 18.1 Å². The number of aliphatic hydroxyl groups is 1. The van der Waals surface area contributed by atoms with E-state index in [1.165, 1.54) is 13.8 Å². The number of carbonyl (C=O) groups excluding carboxylic acids is 9. The molecule has 1 fully saturated rings. The minimum Gasteiger partial charge on any atom is -0.481 e. The predicted molar refractivity (Wildman–Crippen MR) is 256 cm³/mol. The number of carboxylic acids is 2. The van der Waals surface area contributed by atoms with Crippen LogP contribution in [-0.2, 0) is 59.2 Å². The maximum absolute atomic E-state index is 14.2. The molecule has 0 radical (unpaired) electrons. The van der Waals surface area contributed by atoms with E-state index in [0.29, 0.717) is 5.56 Å². The number of guanidine groups is 1. The highest BCUT2D eigenvalue weighted by molar-refractivity contribution is 7.80. The molecular formula is C42H64N12O14S2. The molecule has 10 atom stereocenters. The molecule has 70 heavy (non-hydrogen) atoms.